The van der Waals surface area contributed by atoms with E-state index in [2.05, 4.69) is 4.98 Å². The molecule has 0 aliphatic carbocycles. The van der Waals surface area contributed by atoms with Gasteiger partial charge in [-0.3, -0.25) is 0 Å². The maximum Gasteiger partial charge on any atom is 0.339 e. The lowest BCUT2D eigenvalue weighted by Crippen LogP contribution is -2.00. The minimum absolute atomic E-state index is 0.156. The maximum atomic E-state index is 11.0. The van der Waals surface area contributed by atoms with Crippen LogP contribution in [-0.2, 0) is 5.75 Å². The molecule has 0 bridgehead atoms. The number of hydrogen-bond acceptors (Lipinski definition) is 5. The minimum Gasteiger partial charge on any atom is -0.496 e. The summed E-state index contributed by atoms with van der Waals surface area (Å²) in [6.45, 7) is 1.86. The predicted octanol–water partition coefficient (Wildman–Crippen LogP) is 2.98. The van der Waals surface area contributed by atoms with Gasteiger partial charge in [0.2, 0.25) is 0 Å². The van der Waals surface area contributed by atoms with Crippen molar-refractivity contribution < 1.29 is 19.1 Å². The smallest absolute Gasteiger partial charge is 0.339 e. The molecule has 1 N–H and O–H groups in total. The van der Waals surface area contributed by atoms with Crippen molar-refractivity contribution in [2.24, 2.45) is 0 Å². The van der Waals surface area contributed by atoms with Gasteiger partial charge in [0.25, 0.3) is 5.22 Å². The first-order valence-electron chi connectivity index (χ1n) is 5.55. The number of thioether (sulfide) groups is 1. The first-order chi connectivity index (χ1) is 9.10. The molecular formula is C13H13NO4S. The molecule has 0 amide bonds. The van der Waals surface area contributed by atoms with Gasteiger partial charge in [-0.2, -0.15) is 0 Å². The standard InChI is InChI=1S/C13H13NO4S/c1-8-6-18-13(14-8)19-7-9-3-4-10(12(15)16)11(5-9)17-2/h3-6H,7H2,1-2H3,(H,15,16). The molecule has 0 unspecified atom stereocenters. The van der Waals surface area contributed by atoms with E-state index in [1.165, 1.54) is 24.9 Å². The number of oxazole rings is 1. The molecular weight excluding hydrogens is 266 g/mol. The monoisotopic (exact) mass is 279 g/mol. The third-order valence-electron chi connectivity index (χ3n) is 2.46. The van der Waals surface area contributed by atoms with Crippen molar-refractivity contribution >= 4 is 17.7 Å². The Morgan fingerprint density at radius 3 is 2.89 bits per heavy atom. The van der Waals surface area contributed by atoms with Gasteiger partial charge in [-0.05, 0) is 24.6 Å². The van der Waals surface area contributed by atoms with Gasteiger partial charge in [0.1, 0.15) is 17.6 Å². The highest BCUT2D eigenvalue weighted by atomic mass is 32.2. The molecule has 2 aromatic rings. The molecule has 19 heavy (non-hydrogen) atoms. The van der Waals surface area contributed by atoms with E-state index in [-0.39, 0.29) is 5.56 Å². The molecule has 0 saturated heterocycles. The minimum atomic E-state index is -1.00. The van der Waals surface area contributed by atoms with Crippen LogP contribution in [0.25, 0.3) is 0 Å². The van der Waals surface area contributed by atoms with Crippen molar-refractivity contribution in [2.45, 2.75) is 17.9 Å². The van der Waals surface area contributed by atoms with Crippen molar-refractivity contribution in [3.8, 4) is 5.75 Å². The number of ether oxygens (including phenoxy) is 1. The molecule has 0 radical (unpaired) electrons. The molecule has 1 aromatic carbocycles. The van der Waals surface area contributed by atoms with Gasteiger partial charge >= 0.3 is 5.97 Å². The molecule has 0 fully saturated rings. The Kier molecular flexibility index (Phi) is 4.11. The molecule has 6 heteroatoms. The van der Waals surface area contributed by atoms with E-state index in [1.54, 1.807) is 18.4 Å². The Morgan fingerprint density at radius 1 is 1.53 bits per heavy atom. The number of nitrogens with zero attached hydrogens (tertiary/aromatic N) is 1. The maximum absolute atomic E-state index is 11.0. The van der Waals surface area contributed by atoms with Crippen molar-refractivity contribution in [1.29, 1.82) is 0 Å². The second kappa shape index (κ2) is 5.79. The lowest BCUT2D eigenvalue weighted by molar-refractivity contribution is 0.0693. The number of methoxy groups -OCH3 is 1. The molecule has 1 heterocycles. The van der Waals surface area contributed by atoms with E-state index in [9.17, 15) is 4.79 Å². The fourth-order valence-corrected chi connectivity index (χ4v) is 2.34. The number of carboxylic acids is 1. The zero-order chi connectivity index (χ0) is 13.8. The summed E-state index contributed by atoms with van der Waals surface area (Å²) in [5.74, 6) is -0.00972. The van der Waals surface area contributed by atoms with Crippen LogP contribution in [0.2, 0.25) is 0 Å². The number of aromatic nitrogens is 1. The number of benzene rings is 1. The Labute approximate surface area is 114 Å². The molecule has 0 aliphatic rings. The van der Waals surface area contributed by atoms with Crippen molar-refractivity contribution in [1.82, 2.24) is 4.98 Å². The Hall–Kier alpha value is -1.95. The summed E-state index contributed by atoms with van der Waals surface area (Å²) >= 11 is 1.45. The number of rotatable bonds is 5. The highest BCUT2D eigenvalue weighted by Gasteiger charge is 2.11. The quantitative estimate of drug-likeness (QED) is 0.848. The van der Waals surface area contributed by atoms with Crippen LogP contribution < -0.4 is 4.74 Å². The molecule has 0 saturated carbocycles. The summed E-state index contributed by atoms with van der Waals surface area (Å²) in [7, 11) is 1.45. The summed E-state index contributed by atoms with van der Waals surface area (Å²) in [5, 5.41) is 9.58. The first kappa shape index (κ1) is 13.5. The van der Waals surface area contributed by atoms with E-state index in [0.29, 0.717) is 16.7 Å². The fraction of sp³-hybridized carbons (Fsp3) is 0.231. The molecule has 1 aromatic heterocycles. The third-order valence-corrected chi connectivity index (χ3v) is 3.37. The van der Waals surface area contributed by atoms with E-state index >= 15 is 0 Å². The van der Waals surface area contributed by atoms with E-state index < -0.39 is 5.97 Å². The van der Waals surface area contributed by atoms with Gasteiger partial charge in [-0.15, -0.1) is 0 Å². The van der Waals surface area contributed by atoms with Gasteiger partial charge in [-0.25, -0.2) is 9.78 Å². The fourth-order valence-electron chi connectivity index (χ4n) is 1.55. The largest absolute Gasteiger partial charge is 0.496 e. The van der Waals surface area contributed by atoms with E-state index in [4.69, 9.17) is 14.3 Å². The number of carbonyl (C=O) groups is 1. The second-order valence-electron chi connectivity index (χ2n) is 3.88. The molecule has 5 nitrogen and oxygen atoms in total. The summed E-state index contributed by atoms with van der Waals surface area (Å²) < 4.78 is 10.3. The summed E-state index contributed by atoms with van der Waals surface area (Å²) in [4.78, 5) is 15.1. The van der Waals surface area contributed by atoms with Crippen molar-refractivity contribution in [2.75, 3.05) is 7.11 Å². The Morgan fingerprint density at radius 2 is 2.32 bits per heavy atom. The van der Waals surface area contributed by atoms with Gasteiger partial charge in [0.05, 0.1) is 12.8 Å². The molecule has 0 spiro atoms. The second-order valence-corrected chi connectivity index (χ2v) is 4.81. The van der Waals surface area contributed by atoms with Crippen LogP contribution >= 0.6 is 11.8 Å². The van der Waals surface area contributed by atoms with Crippen LogP contribution in [0.15, 0.2) is 34.1 Å². The summed E-state index contributed by atoms with van der Waals surface area (Å²) in [5.41, 5.74) is 1.94. The Bertz CT molecular complexity index is 594. The van der Waals surface area contributed by atoms with Crippen LogP contribution in [0.3, 0.4) is 0 Å². The van der Waals surface area contributed by atoms with Gasteiger partial charge in [-0.1, -0.05) is 17.8 Å². The predicted molar refractivity (Wildman–Crippen MR) is 70.8 cm³/mol. The SMILES string of the molecule is COc1cc(CSc2nc(C)co2)ccc1C(=O)O. The van der Waals surface area contributed by atoms with Crippen LogP contribution in [0.1, 0.15) is 21.6 Å². The zero-order valence-corrected chi connectivity index (χ0v) is 11.4. The van der Waals surface area contributed by atoms with E-state index in [1.807, 2.05) is 6.92 Å². The normalized spacial score (nSPS) is 10.4. The average Bonchev–Trinajstić information content (AvgIpc) is 2.81. The topological polar surface area (TPSA) is 72.6 Å². The zero-order valence-electron chi connectivity index (χ0n) is 10.5. The molecule has 2 rings (SSSR count). The van der Waals surface area contributed by atoms with Crippen LogP contribution in [0.4, 0.5) is 0 Å². The van der Waals surface area contributed by atoms with Crippen molar-refractivity contribution in [3.05, 3.63) is 41.3 Å². The van der Waals surface area contributed by atoms with E-state index in [0.717, 1.165) is 11.3 Å². The number of carboxylic acid groups (broad SMARTS) is 1. The number of hydrogen-bond donors (Lipinski definition) is 1. The molecule has 100 valence electrons. The molecule has 0 aliphatic heterocycles. The number of aryl methyl sites for hydroxylation is 1. The van der Waals surface area contributed by atoms with Gasteiger partial charge in [0, 0.05) is 5.75 Å². The van der Waals surface area contributed by atoms with Gasteiger partial charge in [0.15, 0.2) is 0 Å². The molecule has 0 atom stereocenters. The van der Waals surface area contributed by atoms with Crippen LogP contribution in [0.5, 0.6) is 5.75 Å². The highest BCUT2D eigenvalue weighted by Crippen LogP contribution is 2.26. The highest BCUT2D eigenvalue weighted by molar-refractivity contribution is 7.98. The van der Waals surface area contributed by atoms with Crippen LogP contribution in [-0.4, -0.2) is 23.2 Å². The average molecular weight is 279 g/mol. The lowest BCUT2D eigenvalue weighted by Gasteiger charge is -2.07. The number of aromatic carboxylic acids is 1. The van der Waals surface area contributed by atoms with Crippen LogP contribution in [0, 0.1) is 6.92 Å². The summed E-state index contributed by atoms with van der Waals surface area (Å²) in [6, 6.07) is 5.01. The lowest BCUT2D eigenvalue weighted by atomic mass is 10.1. The van der Waals surface area contributed by atoms with Crippen molar-refractivity contribution in [3.63, 3.8) is 0 Å². The Balaban J connectivity index is 2.11. The van der Waals surface area contributed by atoms with Gasteiger partial charge < -0.3 is 14.3 Å². The first-order valence-corrected chi connectivity index (χ1v) is 6.54. The summed E-state index contributed by atoms with van der Waals surface area (Å²) in [6.07, 6.45) is 1.59. The third kappa shape index (κ3) is 3.29.